The van der Waals surface area contributed by atoms with Crippen molar-refractivity contribution < 1.29 is 37.9 Å². The molecule has 0 aromatic carbocycles. The van der Waals surface area contributed by atoms with Crippen LogP contribution >= 0.6 is 7.82 Å². The van der Waals surface area contributed by atoms with Gasteiger partial charge in [-0.25, -0.2) is 4.57 Å². The molecule has 0 radical (unpaired) electrons. The number of phosphoric ester groups is 1. The van der Waals surface area contributed by atoms with Gasteiger partial charge in [0.05, 0.1) is 6.61 Å². The highest BCUT2D eigenvalue weighted by Crippen LogP contribution is 2.36. The van der Waals surface area contributed by atoms with E-state index in [0.717, 1.165) is 50.4 Å². The van der Waals surface area contributed by atoms with Gasteiger partial charge in [-0.3, -0.25) is 14.1 Å². The number of unbranched alkanes of at least 4 members (excludes halogenated alkanes) is 13. The van der Waals surface area contributed by atoms with Crippen LogP contribution in [0, 0.1) is 11.8 Å². The third-order valence-corrected chi connectivity index (χ3v) is 7.83. The quantitative estimate of drug-likeness (QED) is 0.0526. The number of esters is 2. The fourth-order valence-electron chi connectivity index (χ4n) is 4.53. The van der Waals surface area contributed by atoms with Gasteiger partial charge in [0.25, 0.3) is 0 Å². The average Bonchev–Trinajstić information content (AvgIpc) is 2.89. The SMILES string of the molecule is CCC(C)CCCCCCCCC(=O)OC[C@H](COP(=O)(O)O)OC(=O)CCCCCCCCCCCC(C)C. The summed E-state index contributed by atoms with van der Waals surface area (Å²) in [6.45, 7) is 8.23. The highest BCUT2D eigenvalue weighted by molar-refractivity contribution is 7.46. The van der Waals surface area contributed by atoms with E-state index in [-0.39, 0.29) is 19.4 Å². The zero-order valence-electron chi connectivity index (χ0n) is 26.1. The standard InChI is InChI=1S/C31H61O8P/c1-5-28(4)22-18-14-11-12-15-19-23-30(32)37-25-29(26-38-40(34,35)36)39-31(33)24-20-16-10-8-6-7-9-13-17-21-27(2)3/h27-29H,5-26H2,1-4H3,(H2,34,35,36)/t28?,29-/m1/s1. The lowest BCUT2D eigenvalue weighted by Crippen LogP contribution is -2.29. The van der Waals surface area contributed by atoms with Gasteiger partial charge in [-0.1, -0.05) is 130 Å². The molecule has 0 saturated carbocycles. The summed E-state index contributed by atoms with van der Waals surface area (Å²) in [5.74, 6) is 0.691. The van der Waals surface area contributed by atoms with Crippen molar-refractivity contribution in [3.8, 4) is 0 Å². The molecule has 238 valence electrons. The number of hydrogen-bond donors (Lipinski definition) is 2. The smallest absolute Gasteiger partial charge is 0.462 e. The Labute approximate surface area is 244 Å². The molecule has 0 heterocycles. The van der Waals surface area contributed by atoms with Crippen molar-refractivity contribution in [2.45, 2.75) is 162 Å². The molecule has 0 saturated heterocycles. The summed E-state index contributed by atoms with van der Waals surface area (Å²) >= 11 is 0. The maximum atomic E-state index is 12.3. The molecule has 2 N–H and O–H groups in total. The van der Waals surface area contributed by atoms with E-state index in [0.29, 0.717) is 6.42 Å². The van der Waals surface area contributed by atoms with Crippen molar-refractivity contribution in [1.82, 2.24) is 0 Å². The molecule has 8 nitrogen and oxygen atoms in total. The van der Waals surface area contributed by atoms with E-state index in [1.165, 1.54) is 70.6 Å². The second-order valence-corrected chi connectivity index (χ2v) is 13.1. The second-order valence-electron chi connectivity index (χ2n) is 11.9. The van der Waals surface area contributed by atoms with Crippen LogP contribution in [0.4, 0.5) is 0 Å². The summed E-state index contributed by atoms with van der Waals surface area (Å²) in [5, 5.41) is 0. The molecule has 0 aromatic heterocycles. The van der Waals surface area contributed by atoms with Crippen LogP contribution in [0.1, 0.15) is 156 Å². The minimum Gasteiger partial charge on any atom is -0.462 e. The summed E-state index contributed by atoms with van der Waals surface area (Å²) in [5.41, 5.74) is 0. The molecule has 0 rings (SSSR count). The molecule has 0 aliphatic rings. The number of carbonyl (C=O) groups excluding carboxylic acids is 2. The van der Waals surface area contributed by atoms with Crippen LogP contribution < -0.4 is 0 Å². The average molecular weight is 593 g/mol. The number of hydrogen-bond acceptors (Lipinski definition) is 6. The Morgan fingerprint density at radius 3 is 1.57 bits per heavy atom. The van der Waals surface area contributed by atoms with Gasteiger partial charge in [-0.15, -0.1) is 0 Å². The number of phosphoric acid groups is 1. The van der Waals surface area contributed by atoms with E-state index in [2.05, 4.69) is 32.2 Å². The molecule has 0 bridgehead atoms. The Balaban J connectivity index is 4.05. The van der Waals surface area contributed by atoms with E-state index < -0.39 is 32.5 Å². The van der Waals surface area contributed by atoms with Crippen molar-refractivity contribution >= 4 is 19.8 Å². The first kappa shape index (κ1) is 39.0. The fourth-order valence-corrected chi connectivity index (χ4v) is 4.89. The maximum absolute atomic E-state index is 12.3. The van der Waals surface area contributed by atoms with Crippen LogP contribution in [0.25, 0.3) is 0 Å². The van der Waals surface area contributed by atoms with Gasteiger partial charge in [0.15, 0.2) is 6.10 Å². The normalized spacial score (nSPS) is 13.4. The van der Waals surface area contributed by atoms with Gasteiger partial charge in [0.1, 0.15) is 6.61 Å². The van der Waals surface area contributed by atoms with E-state index in [4.69, 9.17) is 19.3 Å². The van der Waals surface area contributed by atoms with Crippen LogP contribution in [0.3, 0.4) is 0 Å². The number of carbonyl (C=O) groups is 2. The molecule has 0 fully saturated rings. The number of rotatable bonds is 28. The lowest BCUT2D eigenvalue weighted by molar-refractivity contribution is -0.161. The third-order valence-electron chi connectivity index (χ3n) is 7.34. The first-order valence-corrected chi connectivity index (χ1v) is 17.6. The monoisotopic (exact) mass is 592 g/mol. The topological polar surface area (TPSA) is 119 Å². The highest BCUT2D eigenvalue weighted by atomic mass is 31.2. The predicted octanol–water partition coefficient (Wildman–Crippen LogP) is 8.66. The van der Waals surface area contributed by atoms with Crippen molar-refractivity contribution in [3.05, 3.63) is 0 Å². The molecule has 1 unspecified atom stereocenters. The van der Waals surface area contributed by atoms with Crippen molar-refractivity contribution in [3.63, 3.8) is 0 Å². The van der Waals surface area contributed by atoms with E-state index in [1.54, 1.807) is 0 Å². The van der Waals surface area contributed by atoms with Gasteiger partial charge in [0.2, 0.25) is 0 Å². The first-order chi connectivity index (χ1) is 19.0. The van der Waals surface area contributed by atoms with Gasteiger partial charge >= 0.3 is 19.8 Å². The van der Waals surface area contributed by atoms with Crippen molar-refractivity contribution in [2.75, 3.05) is 13.2 Å². The highest BCUT2D eigenvalue weighted by Gasteiger charge is 2.22. The Kier molecular flexibility index (Phi) is 25.1. The number of ether oxygens (including phenoxy) is 2. The van der Waals surface area contributed by atoms with E-state index in [1.807, 2.05) is 0 Å². The van der Waals surface area contributed by atoms with Gasteiger partial charge in [0, 0.05) is 12.8 Å². The molecular weight excluding hydrogens is 531 g/mol. The van der Waals surface area contributed by atoms with Crippen LogP contribution in [0.5, 0.6) is 0 Å². The Morgan fingerprint density at radius 1 is 0.650 bits per heavy atom. The maximum Gasteiger partial charge on any atom is 0.469 e. The summed E-state index contributed by atoms with van der Waals surface area (Å²) in [7, 11) is -4.73. The molecular formula is C31H61O8P. The largest absolute Gasteiger partial charge is 0.469 e. The van der Waals surface area contributed by atoms with Crippen LogP contribution in [-0.2, 0) is 28.2 Å². The summed E-state index contributed by atoms with van der Waals surface area (Å²) < 4.78 is 26.1. The minimum atomic E-state index is -4.73. The van der Waals surface area contributed by atoms with Crippen molar-refractivity contribution in [2.24, 2.45) is 11.8 Å². The summed E-state index contributed by atoms with van der Waals surface area (Å²) in [6, 6.07) is 0. The minimum absolute atomic E-state index is 0.215. The van der Waals surface area contributed by atoms with Gasteiger partial charge < -0.3 is 19.3 Å². The first-order valence-electron chi connectivity index (χ1n) is 16.1. The Morgan fingerprint density at radius 2 is 1.10 bits per heavy atom. The lowest BCUT2D eigenvalue weighted by atomic mass is 10.00. The Bertz CT molecular complexity index is 664. The van der Waals surface area contributed by atoms with Gasteiger partial charge in [-0.05, 0) is 24.7 Å². The lowest BCUT2D eigenvalue weighted by Gasteiger charge is -2.18. The zero-order valence-corrected chi connectivity index (χ0v) is 27.0. The van der Waals surface area contributed by atoms with Crippen molar-refractivity contribution in [1.29, 1.82) is 0 Å². The molecule has 9 heteroatoms. The Hall–Kier alpha value is -0.950. The molecule has 0 amide bonds. The molecule has 0 spiro atoms. The van der Waals surface area contributed by atoms with Crippen LogP contribution in [0.15, 0.2) is 0 Å². The third kappa shape index (κ3) is 28.6. The summed E-state index contributed by atoms with van der Waals surface area (Å²) in [6.07, 6.45) is 19.9. The zero-order chi connectivity index (χ0) is 30.1. The fraction of sp³-hybridized carbons (Fsp3) is 0.935. The molecule has 2 atom stereocenters. The molecule has 40 heavy (non-hydrogen) atoms. The van der Waals surface area contributed by atoms with Gasteiger partial charge in [-0.2, -0.15) is 0 Å². The van der Waals surface area contributed by atoms with Crippen LogP contribution in [0.2, 0.25) is 0 Å². The second kappa shape index (κ2) is 25.7. The molecule has 0 aliphatic carbocycles. The molecule has 0 aliphatic heterocycles. The molecule has 0 aromatic rings. The van der Waals surface area contributed by atoms with E-state index in [9.17, 15) is 14.2 Å². The predicted molar refractivity (Wildman–Crippen MR) is 161 cm³/mol. The van der Waals surface area contributed by atoms with Crippen LogP contribution in [-0.4, -0.2) is 41.0 Å². The summed E-state index contributed by atoms with van der Waals surface area (Å²) in [4.78, 5) is 42.4. The van der Waals surface area contributed by atoms with E-state index >= 15 is 0 Å².